The first-order valence-electron chi connectivity index (χ1n) is 8.56. The van der Waals surface area contributed by atoms with Gasteiger partial charge in [0.15, 0.2) is 12.4 Å². The van der Waals surface area contributed by atoms with Crippen LogP contribution >= 0.6 is 23.2 Å². The molecule has 0 saturated heterocycles. The summed E-state index contributed by atoms with van der Waals surface area (Å²) in [6.45, 7) is -0.349. The summed E-state index contributed by atoms with van der Waals surface area (Å²) in [5, 5.41) is 3.33. The molecule has 0 radical (unpaired) electrons. The van der Waals surface area contributed by atoms with Crippen LogP contribution in [0.5, 0.6) is 0 Å². The molecule has 0 fully saturated rings. The number of nitrogens with one attached hydrogen (secondary N) is 1. The molecule has 0 unspecified atom stereocenters. The number of amides is 1. The molecule has 3 aromatic carbocycles. The van der Waals surface area contributed by atoms with Crippen LogP contribution in [0.2, 0.25) is 10.0 Å². The van der Waals surface area contributed by atoms with Crippen LogP contribution in [0.4, 0.5) is 5.69 Å². The van der Waals surface area contributed by atoms with Gasteiger partial charge in [0.1, 0.15) is 0 Å². The third-order valence-corrected chi connectivity index (χ3v) is 4.73. The Morgan fingerprint density at radius 1 is 0.759 bits per heavy atom. The Balaban J connectivity index is 1.57. The molecule has 0 aliphatic heterocycles. The number of carbonyl (C=O) groups excluding carboxylic acids is 3. The molecule has 146 valence electrons. The molecule has 1 N–H and O–H groups in total. The van der Waals surface area contributed by atoms with Gasteiger partial charge in [-0.1, -0.05) is 53.5 Å². The zero-order valence-electron chi connectivity index (χ0n) is 15.0. The molecule has 29 heavy (non-hydrogen) atoms. The topological polar surface area (TPSA) is 72.5 Å². The smallest absolute Gasteiger partial charge is 0.338 e. The molecule has 0 aliphatic carbocycles. The van der Waals surface area contributed by atoms with E-state index in [2.05, 4.69) is 5.32 Å². The molecule has 0 aromatic heterocycles. The average molecular weight is 428 g/mol. The summed E-state index contributed by atoms with van der Waals surface area (Å²) in [5.41, 5.74) is 1.57. The Hall–Kier alpha value is -3.15. The van der Waals surface area contributed by atoms with Gasteiger partial charge in [0.05, 0.1) is 15.6 Å². The van der Waals surface area contributed by atoms with Crippen molar-refractivity contribution in [2.75, 3.05) is 11.9 Å². The van der Waals surface area contributed by atoms with E-state index in [1.807, 2.05) is 0 Å². The number of ether oxygens (including phenoxy) is 1. The first-order valence-corrected chi connectivity index (χ1v) is 9.31. The van der Waals surface area contributed by atoms with Crippen molar-refractivity contribution < 1.29 is 19.1 Å². The fourth-order valence-corrected chi connectivity index (χ4v) is 2.75. The minimum atomic E-state index is -0.628. The van der Waals surface area contributed by atoms with Crippen molar-refractivity contribution in [3.05, 3.63) is 99.5 Å². The van der Waals surface area contributed by atoms with Gasteiger partial charge >= 0.3 is 5.97 Å². The van der Waals surface area contributed by atoms with E-state index in [0.29, 0.717) is 21.8 Å². The van der Waals surface area contributed by atoms with Crippen molar-refractivity contribution in [2.24, 2.45) is 0 Å². The second-order valence-electron chi connectivity index (χ2n) is 6.03. The van der Waals surface area contributed by atoms with Gasteiger partial charge in [0.25, 0.3) is 5.91 Å². The Morgan fingerprint density at radius 2 is 1.41 bits per heavy atom. The van der Waals surface area contributed by atoms with Gasteiger partial charge in [-0.05, 0) is 42.5 Å². The highest BCUT2D eigenvalue weighted by Gasteiger charge is 2.13. The van der Waals surface area contributed by atoms with Crippen molar-refractivity contribution in [1.29, 1.82) is 0 Å². The van der Waals surface area contributed by atoms with E-state index in [1.54, 1.807) is 48.5 Å². The van der Waals surface area contributed by atoms with Gasteiger partial charge in [-0.3, -0.25) is 9.59 Å². The molecule has 0 atom stereocenters. The Morgan fingerprint density at radius 3 is 2.07 bits per heavy atom. The third-order valence-electron chi connectivity index (χ3n) is 3.99. The number of rotatable bonds is 6. The van der Waals surface area contributed by atoms with Crippen molar-refractivity contribution >= 4 is 46.5 Å². The summed E-state index contributed by atoms with van der Waals surface area (Å²) in [5.74, 6) is -1.28. The molecule has 0 aliphatic rings. The molecule has 0 heterocycles. The quantitative estimate of drug-likeness (QED) is 0.428. The van der Waals surface area contributed by atoms with Crippen LogP contribution in [0.1, 0.15) is 31.1 Å². The number of hydrogen-bond donors (Lipinski definition) is 1. The second-order valence-corrected chi connectivity index (χ2v) is 6.84. The van der Waals surface area contributed by atoms with Crippen LogP contribution in [0.15, 0.2) is 72.8 Å². The second kappa shape index (κ2) is 9.37. The summed E-state index contributed by atoms with van der Waals surface area (Å²) in [4.78, 5) is 36.4. The van der Waals surface area contributed by atoms with Gasteiger partial charge < -0.3 is 10.1 Å². The highest BCUT2D eigenvalue weighted by Crippen LogP contribution is 2.23. The lowest BCUT2D eigenvalue weighted by Crippen LogP contribution is -2.14. The molecule has 7 heteroatoms. The highest BCUT2D eigenvalue weighted by molar-refractivity contribution is 6.42. The van der Waals surface area contributed by atoms with E-state index in [0.717, 1.165) is 0 Å². The van der Waals surface area contributed by atoms with Crippen LogP contribution in [-0.2, 0) is 4.74 Å². The fourth-order valence-electron chi connectivity index (χ4n) is 2.45. The van der Waals surface area contributed by atoms with Gasteiger partial charge in [-0.2, -0.15) is 0 Å². The van der Waals surface area contributed by atoms with Crippen molar-refractivity contribution in [2.45, 2.75) is 0 Å². The first kappa shape index (κ1) is 20.6. The zero-order chi connectivity index (χ0) is 20.8. The lowest BCUT2D eigenvalue weighted by Gasteiger charge is -2.08. The van der Waals surface area contributed by atoms with Crippen LogP contribution in [0, 0.1) is 0 Å². The standard InChI is InChI=1S/C22H15Cl2NO4/c23-18-11-8-16(12-19(18)24)21(27)25-17-9-6-15(7-10-17)22(28)29-13-20(26)14-4-2-1-3-5-14/h1-12H,13H2,(H,25,27). The average Bonchev–Trinajstić information content (AvgIpc) is 2.74. The van der Waals surface area contributed by atoms with E-state index >= 15 is 0 Å². The predicted molar refractivity (Wildman–Crippen MR) is 112 cm³/mol. The minimum absolute atomic E-state index is 0.262. The molecule has 0 spiro atoms. The van der Waals surface area contributed by atoms with Gasteiger partial charge in [0.2, 0.25) is 0 Å². The van der Waals surface area contributed by atoms with Gasteiger partial charge in [-0.25, -0.2) is 4.79 Å². The molecule has 0 bridgehead atoms. The molecule has 1 amide bonds. The normalized spacial score (nSPS) is 10.3. The number of benzene rings is 3. The van der Waals surface area contributed by atoms with Gasteiger partial charge in [0, 0.05) is 16.8 Å². The summed E-state index contributed by atoms with van der Waals surface area (Å²) >= 11 is 11.8. The maximum Gasteiger partial charge on any atom is 0.338 e. The minimum Gasteiger partial charge on any atom is -0.454 e. The van der Waals surface area contributed by atoms with E-state index < -0.39 is 5.97 Å². The van der Waals surface area contributed by atoms with E-state index in [1.165, 1.54) is 24.3 Å². The molecule has 0 saturated carbocycles. The molecule has 3 rings (SSSR count). The van der Waals surface area contributed by atoms with E-state index in [9.17, 15) is 14.4 Å². The van der Waals surface area contributed by atoms with Crippen molar-refractivity contribution in [3.63, 3.8) is 0 Å². The number of Topliss-reactive ketones (excluding diaryl/α,β-unsaturated/α-hetero) is 1. The van der Waals surface area contributed by atoms with E-state index in [-0.39, 0.29) is 28.9 Å². The largest absolute Gasteiger partial charge is 0.454 e. The number of esters is 1. The van der Waals surface area contributed by atoms with Crippen LogP contribution < -0.4 is 5.32 Å². The molecular formula is C22H15Cl2NO4. The molecular weight excluding hydrogens is 413 g/mol. The van der Waals surface area contributed by atoms with Crippen LogP contribution in [0.25, 0.3) is 0 Å². The summed E-state index contributed by atoms with van der Waals surface area (Å²) < 4.78 is 5.06. The first-order chi connectivity index (χ1) is 13.9. The number of anilines is 1. The number of carbonyl (C=O) groups is 3. The van der Waals surface area contributed by atoms with Crippen molar-refractivity contribution in [3.8, 4) is 0 Å². The lowest BCUT2D eigenvalue weighted by atomic mass is 10.1. The maximum absolute atomic E-state index is 12.3. The van der Waals surface area contributed by atoms with Crippen LogP contribution in [0.3, 0.4) is 0 Å². The molecule has 5 nitrogen and oxygen atoms in total. The number of ketones is 1. The highest BCUT2D eigenvalue weighted by atomic mass is 35.5. The summed E-state index contributed by atoms with van der Waals surface area (Å²) in [6, 6.07) is 19.3. The lowest BCUT2D eigenvalue weighted by molar-refractivity contribution is 0.0475. The Bertz CT molecular complexity index is 1050. The van der Waals surface area contributed by atoms with Gasteiger partial charge in [-0.15, -0.1) is 0 Å². The Kier molecular flexibility index (Phi) is 6.65. The maximum atomic E-state index is 12.3. The molecule has 3 aromatic rings. The SMILES string of the molecule is O=C(COC(=O)c1ccc(NC(=O)c2ccc(Cl)c(Cl)c2)cc1)c1ccccc1. The summed E-state index contributed by atoms with van der Waals surface area (Å²) in [7, 11) is 0. The monoisotopic (exact) mass is 427 g/mol. The third kappa shape index (κ3) is 5.44. The van der Waals surface area contributed by atoms with E-state index in [4.69, 9.17) is 27.9 Å². The predicted octanol–water partition coefficient (Wildman–Crippen LogP) is 5.29. The summed E-state index contributed by atoms with van der Waals surface area (Å²) in [6.07, 6.45) is 0. The van der Waals surface area contributed by atoms with Crippen LogP contribution in [-0.4, -0.2) is 24.3 Å². The fraction of sp³-hybridized carbons (Fsp3) is 0.0455. The number of hydrogen-bond acceptors (Lipinski definition) is 4. The Labute approximate surface area is 177 Å². The number of halogens is 2. The zero-order valence-corrected chi connectivity index (χ0v) is 16.5. The van der Waals surface area contributed by atoms with Crippen molar-refractivity contribution in [1.82, 2.24) is 0 Å².